The zero-order valence-electron chi connectivity index (χ0n) is 16.7. The van der Waals surface area contributed by atoms with Crippen molar-refractivity contribution in [3.8, 4) is 0 Å². The fraction of sp³-hybridized carbons (Fsp3) is 0.667. The van der Waals surface area contributed by atoms with Crippen LogP contribution in [-0.4, -0.2) is 62.2 Å². The third kappa shape index (κ3) is 6.40. The number of carbonyl (C=O) groups excluding carboxylic acids is 2. The van der Waals surface area contributed by atoms with Crippen LogP contribution in [0.4, 0.5) is 13.6 Å². The number of hydrogen-bond acceptors (Lipinski definition) is 4. The number of likely N-dealkylation sites (tertiary alicyclic amines) is 1. The molecule has 1 aliphatic rings. The van der Waals surface area contributed by atoms with E-state index in [1.807, 2.05) is 13.8 Å². The van der Waals surface area contributed by atoms with Gasteiger partial charge in [0.1, 0.15) is 12.1 Å². The van der Waals surface area contributed by atoms with Gasteiger partial charge in [-0.15, -0.1) is 0 Å². The standard InChI is InChI=1S/C18H27F2N5O4/c1-11(2)6-13(15(26)21-8-12-9-22-24(3)10-12)23-16(27)14-7-18(19,20)4-5-25(14)17(28)29/h9-11,13-14H,4-8H2,1-3H3,(H,21,26)(H,23,27)(H,28,29)/t13?,14-/m0/s1. The molecule has 0 aromatic carbocycles. The molecule has 11 heteroatoms. The van der Waals surface area contributed by atoms with Crippen molar-refractivity contribution >= 4 is 17.9 Å². The van der Waals surface area contributed by atoms with E-state index in [1.165, 1.54) is 0 Å². The van der Waals surface area contributed by atoms with Crippen molar-refractivity contribution in [1.82, 2.24) is 25.3 Å². The monoisotopic (exact) mass is 415 g/mol. The molecular formula is C18H27F2N5O4. The Bertz CT molecular complexity index is 752. The van der Waals surface area contributed by atoms with Gasteiger partial charge in [-0.25, -0.2) is 13.6 Å². The van der Waals surface area contributed by atoms with Gasteiger partial charge in [0.15, 0.2) is 0 Å². The molecule has 0 radical (unpaired) electrons. The lowest BCUT2D eigenvalue weighted by Gasteiger charge is -2.37. The number of alkyl halides is 2. The van der Waals surface area contributed by atoms with Gasteiger partial charge in [-0.05, 0) is 12.3 Å². The Morgan fingerprint density at radius 1 is 1.38 bits per heavy atom. The molecule has 1 unspecified atom stereocenters. The van der Waals surface area contributed by atoms with Gasteiger partial charge in [0.05, 0.1) is 6.20 Å². The summed E-state index contributed by atoms with van der Waals surface area (Å²) in [4.78, 5) is 37.3. The van der Waals surface area contributed by atoms with Gasteiger partial charge in [-0.1, -0.05) is 13.8 Å². The Morgan fingerprint density at radius 3 is 2.62 bits per heavy atom. The van der Waals surface area contributed by atoms with Crippen molar-refractivity contribution in [3.05, 3.63) is 18.0 Å². The second-order valence-corrected chi connectivity index (χ2v) is 7.73. The molecule has 162 valence electrons. The van der Waals surface area contributed by atoms with Crippen LogP contribution >= 0.6 is 0 Å². The van der Waals surface area contributed by atoms with Crippen molar-refractivity contribution in [1.29, 1.82) is 0 Å². The number of hydrogen-bond donors (Lipinski definition) is 3. The highest BCUT2D eigenvalue weighted by atomic mass is 19.3. The third-order valence-corrected chi connectivity index (χ3v) is 4.70. The van der Waals surface area contributed by atoms with Crippen LogP contribution in [0.15, 0.2) is 12.4 Å². The molecule has 1 fully saturated rings. The van der Waals surface area contributed by atoms with Gasteiger partial charge < -0.3 is 15.7 Å². The van der Waals surface area contributed by atoms with Crippen molar-refractivity contribution < 1.29 is 28.3 Å². The number of rotatable bonds is 7. The molecule has 1 aliphatic heterocycles. The molecule has 2 heterocycles. The summed E-state index contributed by atoms with van der Waals surface area (Å²) in [5.41, 5.74) is 0.763. The van der Waals surface area contributed by atoms with E-state index in [1.54, 1.807) is 24.1 Å². The van der Waals surface area contributed by atoms with Crippen molar-refractivity contribution in [2.24, 2.45) is 13.0 Å². The van der Waals surface area contributed by atoms with Crippen molar-refractivity contribution in [2.75, 3.05) is 6.54 Å². The number of nitrogens with zero attached hydrogens (tertiary/aromatic N) is 3. The fourth-order valence-corrected chi connectivity index (χ4v) is 3.24. The van der Waals surface area contributed by atoms with Crippen molar-refractivity contribution in [2.45, 2.75) is 57.7 Å². The van der Waals surface area contributed by atoms with E-state index in [4.69, 9.17) is 0 Å². The number of halogens is 2. The van der Waals surface area contributed by atoms with Crippen LogP contribution in [0, 0.1) is 5.92 Å². The third-order valence-electron chi connectivity index (χ3n) is 4.70. The Morgan fingerprint density at radius 2 is 2.07 bits per heavy atom. The molecule has 2 rings (SSSR count). The van der Waals surface area contributed by atoms with E-state index >= 15 is 0 Å². The molecule has 0 spiro atoms. The molecular weight excluding hydrogens is 388 g/mol. The number of amides is 3. The van der Waals surface area contributed by atoms with Crippen LogP contribution < -0.4 is 10.6 Å². The van der Waals surface area contributed by atoms with E-state index < -0.39 is 55.3 Å². The summed E-state index contributed by atoms with van der Waals surface area (Å²) >= 11 is 0. The van der Waals surface area contributed by atoms with Gasteiger partial charge in [-0.2, -0.15) is 5.10 Å². The lowest BCUT2D eigenvalue weighted by molar-refractivity contribution is -0.138. The molecule has 29 heavy (non-hydrogen) atoms. The summed E-state index contributed by atoms with van der Waals surface area (Å²) in [5.74, 6) is -4.47. The molecule has 0 aliphatic carbocycles. The maximum absolute atomic E-state index is 13.8. The minimum atomic E-state index is -3.13. The number of aromatic nitrogens is 2. The number of aryl methyl sites for hydroxylation is 1. The van der Waals surface area contributed by atoms with E-state index in [9.17, 15) is 28.3 Å². The van der Waals surface area contributed by atoms with Crippen LogP contribution in [-0.2, 0) is 23.2 Å². The van der Waals surface area contributed by atoms with E-state index in [0.717, 1.165) is 5.56 Å². The van der Waals surface area contributed by atoms with Crippen LogP contribution in [0.2, 0.25) is 0 Å². The average molecular weight is 415 g/mol. The topological polar surface area (TPSA) is 117 Å². The quantitative estimate of drug-likeness (QED) is 0.622. The first-order valence-corrected chi connectivity index (χ1v) is 9.41. The van der Waals surface area contributed by atoms with Crippen LogP contribution in [0.25, 0.3) is 0 Å². The van der Waals surface area contributed by atoms with Gasteiger partial charge >= 0.3 is 6.09 Å². The van der Waals surface area contributed by atoms with E-state index in [0.29, 0.717) is 4.90 Å². The summed E-state index contributed by atoms with van der Waals surface area (Å²) < 4.78 is 29.1. The molecule has 1 aromatic heterocycles. The Balaban J connectivity index is 2.07. The molecule has 0 saturated carbocycles. The highest BCUT2D eigenvalue weighted by molar-refractivity contribution is 5.91. The second kappa shape index (κ2) is 9.19. The second-order valence-electron chi connectivity index (χ2n) is 7.73. The predicted molar refractivity (Wildman–Crippen MR) is 99.1 cm³/mol. The Kier molecular flexibility index (Phi) is 7.15. The Labute approximate surface area is 167 Å². The molecule has 1 aromatic rings. The van der Waals surface area contributed by atoms with Gasteiger partial charge in [0.25, 0.3) is 5.92 Å². The number of nitrogens with one attached hydrogen (secondary N) is 2. The number of carboxylic acid groups (broad SMARTS) is 1. The van der Waals surface area contributed by atoms with Gasteiger partial charge in [0.2, 0.25) is 11.8 Å². The zero-order chi connectivity index (χ0) is 21.8. The zero-order valence-corrected chi connectivity index (χ0v) is 16.7. The molecule has 9 nitrogen and oxygen atoms in total. The smallest absolute Gasteiger partial charge is 0.407 e. The number of piperidine rings is 1. The van der Waals surface area contributed by atoms with Crippen LogP contribution in [0.3, 0.4) is 0 Å². The summed E-state index contributed by atoms with van der Waals surface area (Å²) in [6.07, 6.45) is 0.611. The van der Waals surface area contributed by atoms with Crippen molar-refractivity contribution in [3.63, 3.8) is 0 Å². The summed E-state index contributed by atoms with van der Waals surface area (Å²) in [6.45, 7) is 3.46. The van der Waals surface area contributed by atoms with Gasteiger partial charge in [0, 0.05) is 44.7 Å². The first-order valence-electron chi connectivity index (χ1n) is 9.41. The van der Waals surface area contributed by atoms with E-state index in [2.05, 4.69) is 15.7 Å². The fourth-order valence-electron chi connectivity index (χ4n) is 3.24. The predicted octanol–water partition coefficient (Wildman–Crippen LogP) is 1.34. The lowest BCUT2D eigenvalue weighted by Crippen LogP contribution is -2.59. The minimum Gasteiger partial charge on any atom is -0.465 e. The highest BCUT2D eigenvalue weighted by Crippen LogP contribution is 2.32. The maximum atomic E-state index is 13.8. The summed E-state index contributed by atoms with van der Waals surface area (Å²) in [6, 6.07) is -2.51. The maximum Gasteiger partial charge on any atom is 0.407 e. The van der Waals surface area contributed by atoms with Crippen LogP contribution in [0.5, 0.6) is 0 Å². The Hall–Kier alpha value is -2.72. The molecule has 3 amide bonds. The molecule has 3 N–H and O–H groups in total. The average Bonchev–Trinajstić information content (AvgIpc) is 3.02. The first-order chi connectivity index (χ1) is 13.5. The first kappa shape index (κ1) is 22.6. The highest BCUT2D eigenvalue weighted by Gasteiger charge is 2.45. The molecule has 2 atom stereocenters. The van der Waals surface area contributed by atoms with Crippen LogP contribution in [0.1, 0.15) is 38.7 Å². The molecule has 1 saturated heterocycles. The van der Waals surface area contributed by atoms with E-state index in [-0.39, 0.29) is 18.9 Å². The largest absolute Gasteiger partial charge is 0.465 e. The van der Waals surface area contributed by atoms with Gasteiger partial charge in [-0.3, -0.25) is 19.2 Å². The summed E-state index contributed by atoms with van der Waals surface area (Å²) in [7, 11) is 1.74. The lowest BCUT2D eigenvalue weighted by atomic mass is 9.97. The molecule has 0 bridgehead atoms. The normalized spacial score (nSPS) is 19.7. The summed E-state index contributed by atoms with van der Waals surface area (Å²) in [5, 5.41) is 18.4. The SMILES string of the molecule is CC(C)CC(NC(=O)[C@@H]1CC(F)(F)CCN1C(=O)O)C(=O)NCc1cnn(C)c1. The minimum absolute atomic E-state index is 0.0350. The number of carbonyl (C=O) groups is 3.